The van der Waals surface area contributed by atoms with Crippen LogP contribution in [0.1, 0.15) is 28.9 Å². The first-order valence-electron chi connectivity index (χ1n) is 7.91. The van der Waals surface area contributed by atoms with E-state index in [1.165, 1.54) is 0 Å². The number of benzene rings is 2. The summed E-state index contributed by atoms with van der Waals surface area (Å²) in [6.45, 7) is 1.92. The molecule has 2 aromatic carbocycles. The van der Waals surface area contributed by atoms with E-state index in [9.17, 15) is 4.79 Å². The average Bonchev–Trinajstić information content (AvgIpc) is 2.62. The molecule has 126 valence electrons. The number of nitrogens with two attached hydrogens (primary N) is 1. The Morgan fingerprint density at radius 2 is 1.76 bits per heavy atom. The van der Waals surface area contributed by atoms with E-state index in [2.05, 4.69) is 10.3 Å². The van der Waals surface area contributed by atoms with Crippen molar-refractivity contribution in [1.82, 2.24) is 4.98 Å². The van der Waals surface area contributed by atoms with Gasteiger partial charge in [0.05, 0.1) is 0 Å². The number of hydrogen-bond acceptors (Lipinski definition) is 3. The number of hydrogen-bond donors (Lipinski definition) is 2. The predicted octanol–water partition coefficient (Wildman–Crippen LogP) is 4.67. The number of pyridine rings is 1. The lowest BCUT2D eigenvalue weighted by molar-refractivity contribution is 0.102. The molecule has 1 amide bonds. The van der Waals surface area contributed by atoms with Crippen LogP contribution in [0.15, 0.2) is 67.0 Å². The van der Waals surface area contributed by atoms with E-state index in [1.54, 1.807) is 30.6 Å². The lowest BCUT2D eigenvalue weighted by atomic mass is 9.93. The van der Waals surface area contributed by atoms with Crippen molar-refractivity contribution in [2.75, 3.05) is 5.32 Å². The summed E-state index contributed by atoms with van der Waals surface area (Å²) >= 11 is 5.98. The maximum atomic E-state index is 12.5. The van der Waals surface area contributed by atoms with Crippen LogP contribution < -0.4 is 11.1 Å². The van der Waals surface area contributed by atoms with E-state index in [4.69, 9.17) is 17.3 Å². The summed E-state index contributed by atoms with van der Waals surface area (Å²) in [5.74, 6) is -0.183. The van der Waals surface area contributed by atoms with Gasteiger partial charge in [-0.1, -0.05) is 29.8 Å². The van der Waals surface area contributed by atoms with Crippen molar-refractivity contribution in [3.63, 3.8) is 0 Å². The van der Waals surface area contributed by atoms with Crippen LogP contribution in [-0.4, -0.2) is 10.9 Å². The second-order valence-corrected chi connectivity index (χ2v) is 6.22. The van der Waals surface area contributed by atoms with Crippen molar-refractivity contribution in [3.8, 4) is 11.1 Å². The molecule has 1 atom stereocenters. The molecule has 0 fully saturated rings. The zero-order chi connectivity index (χ0) is 17.8. The highest BCUT2D eigenvalue weighted by molar-refractivity contribution is 6.30. The van der Waals surface area contributed by atoms with Gasteiger partial charge in [0.1, 0.15) is 0 Å². The number of aromatic nitrogens is 1. The van der Waals surface area contributed by atoms with Crippen molar-refractivity contribution < 1.29 is 4.79 Å². The van der Waals surface area contributed by atoms with E-state index >= 15 is 0 Å². The van der Waals surface area contributed by atoms with E-state index in [1.807, 2.05) is 43.3 Å². The first-order chi connectivity index (χ1) is 12.0. The molecular formula is C20H18ClN3O. The number of nitrogens with one attached hydrogen (secondary N) is 1. The summed E-state index contributed by atoms with van der Waals surface area (Å²) in [5, 5.41) is 3.53. The fraction of sp³-hybridized carbons (Fsp3) is 0.100. The van der Waals surface area contributed by atoms with Crippen molar-refractivity contribution >= 4 is 23.2 Å². The molecule has 0 aliphatic carbocycles. The number of amides is 1. The Morgan fingerprint density at radius 3 is 2.40 bits per heavy atom. The molecule has 3 rings (SSSR count). The Bertz CT molecular complexity index is 877. The van der Waals surface area contributed by atoms with Gasteiger partial charge in [-0.05, 0) is 60.0 Å². The van der Waals surface area contributed by atoms with E-state index in [0.717, 1.165) is 16.7 Å². The number of halogens is 1. The van der Waals surface area contributed by atoms with Gasteiger partial charge in [0.25, 0.3) is 5.91 Å². The zero-order valence-corrected chi connectivity index (χ0v) is 14.5. The molecule has 3 aromatic rings. The largest absolute Gasteiger partial charge is 0.324 e. The molecule has 5 heteroatoms. The van der Waals surface area contributed by atoms with E-state index in [-0.39, 0.29) is 11.9 Å². The summed E-state index contributed by atoms with van der Waals surface area (Å²) in [4.78, 5) is 16.5. The molecule has 0 aliphatic heterocycles. The predicted molar refractivity (Wildman–Crippen MR) is 102 cm³/mol. The highest BCUT2D eigenvalue weighted by Crippen LogP contribution is 2.29. The minimum atomic E-state index is -0.183. The average molecular weight is 352 g/mol. The minimum Gasteiger partial charge on any atom is -0.324 e. The number of carbonyl (C=O) groups excluding carboxylic acids is 1. The van der Waals surface area contributed by atoms with Gasteiger partial charge in [0, 0.05) is 34.7 Å². The Morgan fingerprint density at radius 1 is 1.08 bits per heavy atom. The standard InChI is InChI=1S/C20H18ClN3O/c1-13(22)18-7-4-15(20(25)24-17-8-10-23-11-9-17)12-19(18)14-2-5-16(21)6-3-14/h2-13H,22H2,1H3,(H,23,24,25). The molecule has 25 heavy (non-hydrogen) atoms. The topological polar surface area (TPSA) is 68.0 Å². The fourth-order valence-corrected chi connectivity index (χ4v) is 2.74. The fourth-order valence-electron chi connectivity index (χ4n) is 2.61. The summed E-state index contributed by atoms with van der Waals surface area (Å²) in [6, 6.07) is 16.4. The quantitative estimate of drug-likeness (QED) is 0.717. The molecule has 0 spiro atoms. The number of nitrogens with zero attached hydrogens (tertiary/aromatic N) is 1. The van der Waals surface area contributed by atoms with E-state index < -0.39 is 0 Å². The molecule has 1 aromatic heterocycles. The van der Waals surface area contributed by atoms with E-state index in [0.29, 0.717) is 16.3 Å². The Balaban J connectivity index is 1.97. The van der Waals surface area contributed by atoms with Crippen molar-refractivity contribution in [1.29, 1.82) is 0 Å². The summed E-state index contributed by atoms with van der Waals surface area (Å²) < 4.78 is 0. The Labute approximate surface area is 151 Å². The van der Waals surface area contributed by atoms with Crippen LogP contribution in [0.4, 0.5) is 5.69 Å². The van der Waals surface area contributed by atoms with Crippen LogP contribution >= 0.6 is 11.6 Å². The lowest BCUT2D eigenvalue weighted by Crippen LogP contribution is -2.13. The molecule has 1 heterocycles. The normalized spacial score (nSPS) is 11.8. The van der Waals surface area contributed by atoms with Gasteiger partial charge < -0.3 is 11.1 Å². The first kappa shape index (κ1) is 17.1. The Hall–Kier alpha value is -2.69. The van der Waals surface area contributed by atoms with Gasteiger partial charge in [-0.15, -0.1) is 0 Å². The van der Waals surface area contributed by atoms with Crippen LogP contribution in [0.3, 0.4) is 0 Å². The second kappa shape index (κ2) is 7.47. The molecule has 0 bridgehead atoms. The van der Waals surface area contributed by atoms with Crippen molar-refractivity contribution in [2.24, 2.45) is 5.73 Å². The molecule has 3 N–H and O–H groups in total. The molecule has 0 saturated carbocycles. The monoisotopic (exact) mass is 351 g/mol. The third-order valence-corrected chi connectivity index (χ3v) is 4.15. The molecule has 0 saturated heterocycles. The summed E-state index contributed by atoms with van der Waals surface area (Å²) in [7, 11) is 0. The summed E-state index contributed by atoms with van der Waals surface area (Å²) in [5.41, 5.74) is 10.2. The molecule has 0 radical (unpaired) electrons. The van der Waals surface area contributed by atoms with Crippen LogP contribution in [0.5, 0.6) is 0 Å². The van der Waals surface area contributed by atoms with Gasteiger partial charge in [-0.3, -0.25) is 9.78 Å². The summed E-state index contributed by atoms with van der Waals surface area (Å²) in [6.07, 6.45) is 3.27. The third-order valence-electron chi connectivity index (χ3n) is 3.90. The highest BCUT2D eigenvalue weighted by Gasteiger charge is 2.14. The molecular weight excluding hydrogens is 334 g/mol. The number of rotatable bonds is 4. The minimum absolute atomic E-state index is 0.150. The van der Waals surface area contributed by atoms with Gasteiger partial charge in [0.15, 0.2) is 0 Å². The number of carbonyl (C=O) groups is 1. The van der Waals surface area contributed by atoms with Gasteiger partial charge in [-0.2, -0.15) is 0 Å². The van der Waals surface area contributed by atoms with Crippen LogP contribution in [0, 0.1) is 0 Å². The Kier molecular flexibility index (Phi) is 5.12. The lowest BCUT2D eigenvalue weighted by Gasteiger charge is -2.15. The molecule has 4 nitrogen and oxygen atoms in total. The van der Waals surface area contributed by atoms with Crippen molar-refractivity contribution in [2.45, 2.75) is 13.0 Å². The maximum Gasteiger partial charge on any atom is 0.255 e. The van der Waals surface area contributed by atoms with Crippen molar-refractivity contribution in [3.05, 3.63) is 83.1 Å². The second-order valence-electron chi connectivity index (χ2n) is 5.79. The smallest absolute Gasteiger partial charge is 0.255 e. The van der Waals surface area contributed by atoms with Crippen LogP contribution in [0.2, 0.25) is 5.02 Å². The number of anilines is 1. The van der Waals surface area contributed by atoms with Gasteiger partial charge >= 0.3 is 0 Å². The van der Waals surface area contributed by atoms with Gasteiger partial charge in [-0.25, -0.2) is 0 Å². The molecule has 0 aliphatic rings. The van der Waals surface area contributed by atoms with Gasteiger partial charge in [0.2, 0.25) is 0 Å². The zero-order valence-electron chi connectivity index (χ0n) is 13.7. The SMILES string of the molecule is CC(N)c1ccc(C(=O)Nc2ccncc2)cc1-c1ccc(Cl)cc1. The van der Waals surface area contributed by atoms with Crippen LogP contribution in [-0.2, 0) is 0 Å². The third kappa shape index (κ3) is 4.05. The molecule has 1 unspecified atom stereocenters. The van der Waals surface area contributed by atoms with Crippen LogP contribution in [0.25, 0.3) is 11.1 Å². The highest BCUT2D eigenvalue weighted by atomic mass is 35.5. The first-order valence-corrected chi connectivity index (χ1v) is 8.29. The maximum absolute atomic E-state index is 12.5.